The molecule has 0 saturated heterocycles. The normalized spacial score (nSPS) is 10.8. The summed E-state index contributed by atoms with van der Waals surface area (Å²) >= 11 is 1.59. The van der Waals surface area contributed by atoms with Crippen LogP contribution in [-0.4, -0.2) is 17.6 Å². The van der Waals surface area contributed by atoms with Crippen molar-refractivity contribution in [2.24, 2.45) is 0 Å². The van der Waals surface area contributed by atoms with Gasteiger partial charge in [-0.3, -0.25) is 0 Å². The summed E-state index contributed by atoms with van der Waals surface area (Å²) in [4.78, 5) is 15.9. The Morgan fingerprint density at radius 1 is 1.45 bits per heavy atom. The first-order valence-electron chi connectivity index (χ1n) is 6.10. The lowest BCUT2D eigenvalue weighted by Gasteiger charge is -1.96. The summed E-state index contributed by atoms with van der Waals surface area (Å²) in [6, 6.07) is 7.90. The largest absolute Gasteiger partial charge is 0.461 e. The van der Waals surface area contributed by atoms with Gasteiger partial charge >= 0.3 is 5.97 Å². The highest BCUT2D eigenvalue weighted by molar-refractivity contribution is 7.17. The first-order valence-corrected chi connectivity index (χ1v) is 6.98. The molecule has 102 valence electrons. The van der Waals surface area contributed by atoms with Crippen LogP contribution in [0.15, 0.2) is 34.1 Å². The summed E-state index contributed by atoms with van der Waals surface area (Å²) in [5.41, 5.74) is 6.55. The summed E-state index contributed by atoms with van der Waals surface area (Å²) in [6.45, 7) is 1.99. The number of rotatable bonds is 3. The molecular weight excluding hydrogens is 276 g/mol. The molecule has 0 spiro atoms. The van der Waals surface area contributed by atoms with E-state index in [0.29, 0.717) is 5.89 Å². The van der Waals surface area contributed by atoms with Gasteiger partial charge in [-0.1, -0.05) is 18.2 Å². The molecule has 5 nitrogen and oxygen atoms in total. The van der Waals surface area contributed by atoms with E-state index in [1.165, 1.54) is 0 Å². The first-order chi connectivity index (χ1) is 9.70. The van der Waals surface area contributed by atoms with Gasteiger partial charge in [0.25, 0.3) is 0 Å². The number of hydrogen-bond donors (Lipinski definition) is 1. The molecule has 20 heavy (non-hydrogen) atoms. The number of carbonyl (C=O) groups is 1. The van der Waals surface area contributed by atoms with Crippen LogP contribution in [0.4, 0.5) is 5.88 Å². The average molecular weight is 288 g/mol. The molecule has 1 aromatic carbocycles. The van der Waals surface area contributed by atoms with Crippen LogP contribution in [0.3, 0.4) is 0 Å². The van der Waals surface area contributed by atoms with Crippen LogP contribution in [-0.2, 0) is 4.74 Å². The van der Waals surface area contributed by atoms with Crippen molar-refractivity contribution in [1.29, 1.82) is 0 Å². The molecule has 2 aromatic heterocycles. The number of nitrogen functional groups attached to an aromatic ring is 1. The maximum atomic E-state index is 11.7. The smallest absolute Gasteiger partial charge is 0.362 e. The van der Waals surface area contributed by atoms with E-state index in [9.17, 15) is 4.79 Å². The van der Waals surface area contributed by atoms with E-state index in [0.717, 1.165) is 15.6 Å². The maximum absolute atomic E-state index is 11.7. The van der Waals surface area contributed by atoms with Crippen molar-refractivity contribution in [3.05, 3.63) is 35.3 Å². The molecule has 0 fully saturated rings. The summed E-state index contributed by atoms with van der Waals surface area (Å²) < 4.78 is 11.4. The number of thiophene rings is 1. The van der Waals surface area contributed by atoms with E-state index >= 15 is 0 Å². The molecule has 0 amide bonds. The van der Waals surface area contributed by atoms with Crippen LogP contribution < -0.4 is 5.73 Å². The molecule has 0 saturated carbocycles. The minimum atomic E-state index is -0.570. The van der Waals surface area contributed by atoms with E-state index in [-0.39, 0.29) is 18.2 Å². The van der Waals surface area contributed by atoms with Gasteiger partial charge in [0.1, 0.15) is 0 Å². The minimum Gasteiger partial charge on any atom is -0.461 e. The molecule has 3 rings (SSSR count). The van der Waals surface area contributed by atoms with Crippen molar-refractivity contribution >= 4 is 33.3 Å². The zero-order chi connectivity index (χ0) is 14.1. The van der Waals surface area contributed by atoms with Crippen LogP contribution in [0, 0.1) is 0 Å². The van der Waals surface area contributed by atoms with Crippen molar-refractivity contribution in [2.45, 2.75) is 6.92 Å². The molecule has 3 aromatic rings. The van der Waals surface area contributed by atoms with Crippen molar-refractivity contribution in [2.75, 3.05) is 12.3 Å². The Hall–Kier alpha value is -2.34. The van der Waals surface area contributed by atoms with Crippen LogP contribution >= 0.6 is 11.3 Å². The third-order valence-corrected chi connectivity index (χ3v) is 3.80. The van der Waals surface area contributed by atoms with Gasteiger partial charge in [0.05, 0.1) is 12.2 Å². The number of carbonyl (C=O) groups excluding carboxylic acids is 1. The van der Waals surface area contributed by atoms with Gasteiger partial charge in [0.15, 0.2) is 0 Å². The van der Waals surface area contributed by atoms with Gasteiger partial charge in [0, 0.05) is 15.5 Å². The molecule has 0 aliphatic carbocycles. The number of fused-ring (bicyclic) bond motifs is 1. The number of esters is 1. The summed E-state index contributed by atoms with van der Waals surface area (Å²) in [5.74, 6) is -0.253. The lowest BCUT2D eigenvalue weighted by molar-refractivity contribution is 0.0521. The van der Waals surface area contributed by atoms with Gasteiger partial charge in [-0.15, -0.1) is 11.3 Å². The van der Waals surface area contributed by atoms with Crippen LogP contribution in [0.5, 0.6) is 0 Å². The molecule has 0 aliphatic heterocycles. The highest BCUT2D eigenvalue weighted by Crippen LogP contribution is 2.34. The van der Waals surface area contributed by atoms with Gasteiger partial charge in [-0.25, -0.2) is 4.79 Å². The fourth-order valence-corrected chi connectivity index (χ4v) is 2.87. The molecule has 2 heterocycles. The number of benzene rings is 1. The summed E-state index contributed by atoms with van der Waals surface area (Å²) in [7, 11) is 0. The van der Waals surface area contributed by atoms with Gasteiger partial charge in [-0.2, -0.15) is 4.98 Å². The topological polar surface area (TPSA) is 78.3 Å². The lowest BCUT2D eigenvalue weighted by Crippen LogP contribution is -2.07. The van der Waals surface area contributed by atoms with Crippen molar-refractivity contribution in [3.63, 3.8) is 0 Å². The van der Waals surface area contributed by atoms with Gasteiger partial charge < -0.3 is 14.9 Å². The highest BCUT2D eigenvalue weighted by atomic mass is 32.1. The number of hydrogen-bond acceptors (Lipinski definition) is 6. The molecule has 0 aliphatic rings. The number of ether oxygens (including phenoxy) is 1. The SMILES string of the molecule is CCOC(=O)c1nc(-c2csc3ccccc23)oc1N. The van der Waals surface area contributed by atoms with Crippen molar-refractivity contribution in [1.82, 2.24) is 4.98 Å². The molecule has 0 atom stereocenters. The molecule has 2 N–H and O–H groups in total. The quantitative estimate of drug-likeness (QED) is 0.748. The number of anilines is 1. The Bertz CT molecular complexity index is 776. The molecule has 0 radical (unpaired) electrons. The summed E-state index contributed by atoms with van der Waals surface area (Å²) in [5, 5.41) is 2.96. The fourth-order valence-electron chi connectivity index (χ4n) is 1.94. The van der Waals surface area contributed by atoms with E-state index in [1.54, 1.807) is 18.3 Å². The first kappa shape index (κ1) is 12.7. The Balaban J connectivity index is 2.07. The Morgan fingerprint density at radius 3 is 3.05 bits per heavy atom. The van der Waals surface area contributed by atoms with Crippen molar-refractivity contribution < 1.29 is 13.9 Å². The van der Waals surface area contributed by atoms with Crippen LogP contribution in [0.1, 0.15) is 17.4 Å². The zero-order valence-corrected chi connectivity index (χ0v) is 11.6. The maximum Gasteiger partial charge on any atom is 0.362 e. The third-order valence-electron chi connectivity index (χ3n) is 2.83. The Labute approximate surface area is 119 Å². The second-order valence-electron chi connectivity index (χ2n) is 4.10. The predicted molar refractivity (Wildman–Crippen MR) is 77.7 cm³/mol. The summed E-state index contributed by atoms with van der Waals surface area (Å²) in [6.07, 6.45) is 0. The van der Waals surface area contributed by atoms with Gasteiger partial charge in [0.2, 0.25) is 17.5 Å². The van der Waals surface area contributed by atoms with E-state index in [1.807, 2.05) is 29.6 Å². The lowest BCUT2D eigenvalue weighted by atomic mass is 10.2. The molecule has 6 heteroatoms. The Kier molecular flexibility index (Phi) is 3.15. The van der Waals surface area contributed by atoms with Crippen LogP contribution in [0.2, 0.25) is 0 Å². The van der Waals surface area contributed by atoms with E-state index in [2.05, 4.69) is 4.98 Å². The number of nitrogens with zero attached hydrogens (tertiary/aromatic N) is 1. The molecule has 0 unspecified atom stereocenters. The second kappa shape index (κ2) is 4.97. The Morgan fingerprint density at radius 2 is 2.25 bits per heavy atom. The molecular formula is C14H12N2O3S. The van der Waals surface area contributed by atoms with Crippen LogP contribution in [0.25, 0.3) is 21.5 Å². The van der Waals surface area contributed by atoms with Gasteiger partial charge in [-0.05, 0) is 13.0 Å². The monoisotopic (exact) mass is 288 g/mol. The number of nitrogens with two attached hydrogens (primary N) is 1. The van der Waals surface area contributed by atoms with E-state index in [4.69, 9.17) is 14.9 Å². The number of oxazole rings is 1. The third kappa shape index (κ3) is 2.04. The standard InChI is InChI=1S/C14H12N2O3S/c1-2-18-14(17)11-12(15)19-13(16-11)9-7-20-10-6-4-3-5-8(9)10/h3-7H,2,15H2,1H3. The van der Waals surface area contributed by atoms with E-state index < -0.39 is 5.97 Å². The zero-order valence-electron chi connectivity index (χ0n) is 10.8. The molecule has 0 bridgehead atoms. The number of aromatic nitrogens is 1. The minimum absolute atomic E-state index is 0.0197. The second-order valence-corrected chi connectivity index (χ2v) is 5.01. The predicted octanol–water partition coefficient (Wildman–Crippen LogP) is 3.32. The fraction of sp³-hybridized carbons (Fsp3) is 0.143. The highest BCUT2D eigenvalue weighted by Gasteiger charge is 2.21. The van der Waals surface area contributed by atoms with Crippen molar-refractivity contribution in [3.8, 4) is 11.5 Å². The average Bonchev–Trinajstić information content (AvgIpc) is 3.02.